The number of carbonyl (C=O) groups is 1. The molecule has 24 heavy (non-hydrogen) atoms. The van der Waals surface area contributed by atoms with Gasteiger partial charge in [-0.2, -0.15) is 0 Å². The van der Waals surface area contributed by atoms with Crippen LogP contribution in [0.15, 0.2) is 30.3 Å². The van der Waals surface area contributed by atoms with Crippen molar-refractivity contribution in [1.82, 2.24) is 0 Å². The summed E-state index contributed by atoms with van der Waals surface area (Å²) in [4.78, 5) is 12.6. The number of hydrogen-bond acceptors (Lipinski definition) is 5. The van der Waals surface area contributed by atoms with Crippen LogP contribution < -0.4 is 18.9 Å². The van der Waals surface area contributed by atoms with Gasteiger partial charge in [0.1, 0.15) is 33.9 Å². The van der Waals surface area contributed by atoms with Crippen LogP contribution in [0.4, 0.5) is 0 Å². The van der Waals surface area contributed by atoms with Gasteiger partial charge in [-0.15, -0.1) is 0 Å². The number of carbonyl (C=O) groups excluding carboxylic acids is 1. The highest BCUT2D eigenvalue weighted by Gasteiger charge is 2.33. The molecule has 0 aromatic heterocycles. The Morgan fingerprint density at radius 1 is 1.08 bits per heavy atom. The van der Waals surface area contributed by atoms with Gasteiger partial charge < -0.3 is 18.9 Å². The van der Waals surface area contributed by atoms with Gasteiger partial charge in [0.05, 0.1) is 27.8 Å². The van der Waals surface area contributed by atoms with Gasteiger partial charge in [-0.25, -0.2) is 0 Å². The van der Waals surface area contributed by atoms with Crippen molar-refractivity contribution in [2.45, 2.75) is 12.5 Å². The number of ketones is 1. The molecule has 1 aliphatic rings. The number of Topliss-reactive ketones (excluding diaryl/α,β-unsaturated/α-hetero) is 1. The van der Waals surface area contributed by atoms with E-state index in [0.29, 0.717) is 17.1 Å². The molecule has 1 aliphatic heterocycles. The number of rotatable bonds is 4. The molecule has 5 nitrogen and oxygen atoms in total. The number of hydrogen-bond donors (Lipinski definition) is 0. The molecule has 2 aromatic rings. The van der Waals surface area contributed by atoms with Gasteiger partial charge in [0, 0.05) is 6.07 Å². The lowest BCUT2D eigenvalue weighted by atomic mass is 9.95. The Hall–Kier alpha value is -2.40. The number of fused-ring (bicyclic) bond motifs is 1. The molecule has 0 amide bonds. The van der Waals surface area contributed by atoms with Crippen LogP contribution in [0.3, 0.4) is 0 Å². The van der Waals surface area contributed by atoms with Crippen molar-refractivity contribution >= 4 is 17.4 Å². The Labute approximate surface area is 145 Å². The summed E-state index contributed by atoms with van der Waals surface area (Å²) in [7, 11) is 4.57. The molecule has 6 heteroatoms. The van der Waals surface area contributed by atoms with Crippen molar-refractivity contribution in [3.05, 3.63) is 46.5 Å². The number of ether oxygens (including phenoxy) is 4. The van der Waals surface area contributed by atoms with E-state index in [-0.39, 0.29) is 29.1 Å². The largest absolute Gasteiger partial charge is 0.497 e. The van der Waals surface area contributed by atoms with Gasteiger partial charge in [0.25, 0.3) is 0 Å². The van der Waals surface area contributed by atoms with E-state index in [1.54, 1.807) is 13.2 Å². The summed E-state index contributed by atoms with van der Waals surface area (Å²) >= 11 is 6.23. The van der Waals surface area contributed by atoms with E-state index in [2.05, 4.69) is 0 Å². The highest BCUT2D eigenvalue weighted by molar-refractivity contribution is 6.34. The number of halogens is 1. The first kappa shape index (κ1) is 16.5. The first-order valence-electron chi connectivity index (χ1n) is 7.37. The Morgan fingerprint density at radius 2 is 1.79 bits per heavy atom. The Kier molecular flexibility index (Phi) is 4.53. The van der Waals surface area contributed by atoms with Gasteiger partial charge in [-0.05, 0) is 17.7 Å². The monoisotopic (exact) mass is 348 g/mol. The molecular formula is C18H17ClO5. The SMILES string of the molecule is COc1ccc(C2CC(=O)c3c(cc(OC)c(Cl)c3OC)O2)cc1. The van der Waals surface area contributed by atoms with E-state index in [9.17, 15) is 4.79 Å². The van der Waals surface area contributed by atoms with E-state index in [1.165, 1.54) is 14.2 Å². The number of benzene rings is 2. The van der Waals surface area contributed by atoms with Gasteiger partial charge in [0.15, 0.2) is 11.5 Å². The fourth-order valence-corrected chi connectivity index (χ4v) is 3.06. The predicted molar refractivity (Wildman–Crippen MR) is 89.9 cm³/mol. The Bertz CT molecular complexity index is 770. The molecule has 0 saturated heterocycles. The Morgan fingerprint density at radius 3 is 2.38 bits per heavy atom. The van der Waals surface area contributed by atoms with Crippen molar-refractivity contribution in [3.63, 3.8) is 0 Å². The average molecular weight is 349 g/mol. The van der Waals surface area contributed by atoms with E-state index in [4.69, 9.17) is 30.5 Å². The summed E-state index contributed by atoms with van der Waals surface area (Å²) in [6.07, 6.45) is -0.176. The van der Waals surface area contributed by atoms with Crippen molar-refractivity contribution < 1.29 is 23.7 Å². The van der Waals surface area contributed by atoms with Crippen LogP contribution in [0, 0.1) is 0 Å². The van der Waals surface area contributed by atoms with Crippen LogP contribution in [0.1, 0.15) is 28.4 Å². The minimum atomic E-state index is -0.383. The highest BCUT2D eigenvalue weighted by atomic mass is 35.5. The normalized spacial score (nSPS) is 16.2. The molecule has 1 heterocycles. The lowest BCUT2D eigenvalue weighted by Crippen LogP contribution is -2.21. The Balaban J connectivity index is 2.01. The zero-order valence-corrected chi connectivity index (χ0v) is 14.3. The molecule has 2 aromatic carbocycles. The molecule has 3 rings (SSSR count). The average Bonchev–Trinajstić information content (AvgIpc) is 2.61. The van der Waals surface area contributed by atoms with Crippen molar-refractivity contribution in [2.24, 2.45) is 0 Å². The van der Waals surface area contributed by atoms with Gasteiger partial charge in [0.2, 0.25) is 0 Å². The first-order valence-corrected chi connectivity index (χ1v) is 7.75. The van der Waals surface area contributed by atoms with Crippen molar-refractivity contribution in [3.8, 4) is 23.0 Å². The third kappa shape index (κ3) is 2.76. The zero-order chi connectivity index (χ0) is 17.3. The first-order chi connectivity index (χ1) is 11.6. The molecule has 0 fully saturated rings. The number of methoxy groups -OCH3 is 3. The summed E-state index contributed by atoms with van der Waals surface area (Å²) in [5, 5.41) is 0.263. The summed E-state index contributed by atoms with van der Waals surface area (Å²) in [6, 6.07) is 9.05. The van der Waals surface area contributed by atoms with Crippen molar-refractivity contribution in [2.75, 3.05) is 21.3 Å². The highest BCUT2D eigenvalue weighted by Crippen LogP contribution is 2.47. The quantitative estimate of drug-likeness (QED) is 0.833. The smallest absolute Gasteiger partial charge is 0.174 e. The molecule has 1 atom stereocenters. The van der Waals surface area contributed by atoms with Crippen LogP contribution in [0.5, 0.6) is 23.0 Å². The minimum absolute atomic E-state index is 0.0847. The van der Waals surface area contributed by atoms with E-state index in [1.807, 2.05) is 24.3 Å². The van der Waals surface area contributed by atoms with Gasteiger partial charge >= 0.3 is 0 Å². The summed E-state index contributed by atoms with van der Waals surface area (Å²) < 4.78 is 21.7. The van der Waals surface area contributed by atoms with E-state index in [0.717, 1.165) is 11.3 Å². The maximum atomic E-state index is 12.6. The molecule has 0 spiro atoms. The molecule has 0 aliphatic carbocycles. The van der Waals surface area contributed by atoms with E-state index >= 15 is 0 Å². The second kappa shape index (κ2) is 6.61. The molecule has 0 bridgehead atoms. The van der Waals surface area contributed by atoms with Crippen LogP contribution in [0.25, 0.3) is 0 Å². The van der Waals surface area contributed by atoms with Crippen LogP contribution in [-0.2, 0) is 0 Å². The minimum Gasteiger partial charge on any atom is -0.497 e. The maximum Gasteiger partial charge on any atom is 0.174 e. The van der Waals surface area contributed by atoms with Crippen molar-refractivity contribution in [1.29, 1.82) is 0 Å². The van der Waals surface area contributed by atoms with Crippen LogP contribution >= 0.6 is 11.6 Å². The topological polar surface area (TPSA) is 54.0 Å². The zero-order valence-electron chi connectivity index (χ0n) is 13.6. The van der Waals surface area contributed by atoms with Gasteiger partial charge in [-0.3, -0.25) is 4.79 Å². The fraction of sp³-hybridized carbons (Fsp3) is 0.278. The fourth-order valence-electron chi connectivity index (χ4n) is 2.76. The predicted octanol–water partition coefficient (Wildman–Crippen LogP) is 4.07. The molecule has 126 valence electrons. The summed E-state index contributed by atoms with van der Waals surface area (Å²) in [5.41, 5.74) is 1.25. The van der Waals surface area contributed by atoms with Crippen LogP contribution in [-0.4, -0.2) is 27.1 Å². The lowest BCUT2D eigenvalue weighted by Gasteiger charge is -2.27. The van der Waals surface area contributed by atoms with Gasteiger partial charge in [-0.1, -0.05) is 23.7 Å². The summed E-state index contributed by atoms with van der Waals surface area (Å²) in [5.74, 6) is 1.75. The maximum absolute atomic E-state index is 12.6. The third-order valence-corrected chi connectivity index (χ3v) is 4.34. The van der Waals surface area contributed by atoms with E-state index < -0.39 is 0 Å². The molecule has 0 N–H and O–H groups in total. The second-order valence-electron chi connectivity index (χ2n) is 5.31. The lowest BCUT2D eigenvalue weighted by molar-refractivity contribution is 0.0844. The summed E-state index contributed by atoms with van der Waals surface area (Å²) in [6.45, 7) is 0. The molecule has 0 radical (unpaired) electrons. The van der Waals surface area contributed by atoms with Crippen LogP contribution in [0.2, 0.25) is 5.02 Å². The molecule has 0 saturated carbocycles. The third-order valence-electron chi connectivity index (χ3n) is 3.98. The second-order valence-corrected chi connectivity index (χ2v) is 5.68. The standard InChI is InChI=1S/C18H17ClO5/c1-21-11-6-4-10(5-7-11)13-8-12(20)16-14(24-13)9-15(22-2)17(19)18(16)23-3/h4-7,9,13H,8H2,1-3H3. The molecule has 1 unspecified atom stereocenters. The molecular weight excluding hydrogens is 332 g/mol.